The molecule has 1 aromatic carbocycles. The second-order valence-corrected chi connectivity index (χ2v) is 5.97. The minimum atomic E-state index is -1.05. The molecule has 0 aliphatic carbocycles. The first kappa shape index (κ1) is 17.0. The average molecular weight is 293 g/mol. The number of rotatable bonds is 6. The Balaban J connectivity index is 2.77. The van der Waals surface area contributed by atoms with Gasteiger partial charge in [-0.3, -0.25) is 4.79 Å². The van der Waals surface area contributed by atoms with E-state index in [4.69, 9.17) is 4.74 Å². The van der Waals surface area contributed by atoms with E-state index >= 15 is 0 Å². The molecule has 2 atom stereocenters. The molecule has 0 aliphatic rings. The van der Waals surface area contributed by atoms with Gasteiger partial charge in [-0.15, -0.1) is 0 Å². The number of ether oxygens (including phenoxy) is 1. The molecular weight excluding hydrogens is 270 g/mol. The van der Waals surface area contributed by atoms with Crippen LogP contribution in [-0.4, -0.2) is 29.1 Å². The highest BCUT2D eigenvalue weighted by Gasteiger charge is 2.34. The molecule has 0 saturated heterocycles. The van der Waals surface area contributed by atoms with Gasteiger partial charge in [0.05, 0.1) is 0 Å². The first-order valence-electron chi connectivity index (χ1n) is 7.00. The van der Waals surface area contributed by atoms with Crippen molar-refractivity contribution in [1.29, 1.82) is 0 Å². The van der Waals surface area contributed by atoms with Gasteiger partial charge in [0, 0.05) is 0 Å². The van der Waals surface area contributed by atoms with Crippen molar-refractivity contribution in [3.63, 3.8) is 0 Å². The molecule has 0 bridgehead atoms. The number of aliphatic carboxylic acids is 1. The maximum atomic E-state index is 12.2. The normalized spacial score (nSPS) is 14.1. The van der Waals surface area contributed by atoms with E-state index in [1.54, 1.807) is 32.9 Å². The molecule has 5 nitrogen and oxygen atoms in total. The van der Waals surface area contributed by atoms with Gasteiger partial charge in [-0.1, -0.05) is 45.9 Å². The monoisotopic (exact) mass is 293 g/mol. The van der Waals surface area contributed by atoms with Gasteiger partial charge in [0.1, 0.15) is 11.8 Å². The standard InChI is InChI=1S/C16H23NO4/c1-5-12(21-11-9-7-6-8-10-11)14(18)17-13(15(19)20)16(2,3)4/h6-10,12-13H,5H2,1-4H3,(H,17,18)(H,19,20). The van der Waals surface area contributed by atoms with Gasteiger partial charge >= 0.3 is 5.97 Å². The lowest BCUT2D eigenvalue weighted by molar-refractivity contribution is -0.146. The molecule has 116 valence electrons. The zero-order valence-corrected chi connectivity index (χ0v) is 12.9. The smallest absolute Gasteiger partial charge is 0.326 e. The first-order valence-corrected chi connectivity index (χ1v) is 7.00. The molecular formula is C16H23NO4. The second-order valence-electron chi connectivity index (χ2n) is 5.97. The summed E-state index contributed by atoms with van der Waals surface area (Å²) in [7, 11) is 0. The van der Waals surface area contributed by atoms with Gasteiger partial charge in [-0.2, -0.15) is 0 Å². The minimum Gasteiger partial charge on any atom is -0.481 e. The van der Waals surface area contributed by atoms with Gasteiger partial charge in [0.25, 0.3) is 5.91 Å². The molecule has 2 N–H and O–H groups in total. The van der Waals surface area contributed by atoms with Crippen molar-refractivity contribution >= 4 is 11.9 Å². The van der Waals surface area contributed by atoms with Gasteiger partial charge in [-0.25, -0.2) is 4.79 Å². The fraction of sp³-hybridized carbons (Fsp3) is 0.500. The quantitative estimate of drug-likeness (QED) is 0.844. The molecule has 0 aromatic heterocycles. The van der Waals surface area contributed by atoms with E-state index in [2.05, 4.69) is 5.32 Å². The molecule has 21 heavy (non-hydrogen) atoms. The predicted octanol–water partition coefficient (Wildman–Crippen LogP) is 2.46. The summed E-state index contributed by atoms with van der Waals surface area (Å²) in [6.07, 6.45) is -0.256. The fourth-order valence-corrected chi connectivity index (χ4v) is 1.87. The maximum Gasteiger partial charge on any atom is 0.326 e. The largest absolute Gasteiger partial charge is 0.481 e. The highest BCUT2D eigenvalue weighted by atomic mass is 16.5. The van der Waals surface area contributed by atoms with Crippen molar-refractivity contribution in [2.24, 2.45) is 5.41 Å². The van der Waals surface area contributed by atoms with Crippen molar-refractivity contribution in [3.8, 4) is 5.75 Å². The van der Waals surface area contributed by atoms with Crippen LogP contribution >= 0.6 is 0 Å². The highest BCUT2D eigenvalue weighted by Crippen LogP contribution is 2.20. The van der Waals surface area contributed by atoms with Gasteiger partial charge in [0.2, 0.25) is 0 Å². The van der Waals surface area contributed by atoms with E-state index in [0.717, 1.165) is 0 Å². The van der Waals surface area contributed by atoms with Gasteiger partial charge < -0.3 is 15.2 Å². The van der Waals surface area contributed by atoms with Crippen LogP contribution in [0.3, 0.4) is 0 Å². The van der Waals surface area contributed by atoms with E-state index in [9.17, 15) is 14.7 Å². The molecule has 0 fully saturated rings. The molecule has 0 heterocycles. The van der Waals surface area contributed by atoms with E-state index in [1.807, 2.05) is 25.1 Å². The third-order valence-corrected chi connectivity index (χ3v) is 3.08. The number of amides is 1. The number of carboxylic acid groups (broad SMARTS) is 1. The SMILES string of the molecule is CCC(Oc1ccccc1)C(=O)NC(C(=O)O)C(C)(C)C. The van der Waals surface area contributed by atoms with Crippen LogP contribution < -0.4 is 10.1 Å². The molecule has 1 aromatic rings. The Morgan fingerprint density at radius 3 is 2.24 bits per heavy atom. The first-order chi connectivity index (χ1) is 9.75. The Morgan fingerprint density at radius 2 is 1.81 bits per heavy atom. The zero-order chi connectivity index (χ0) is 16.0. The Labute approximate surface area is 125 Å². The molecule has 5 heteroatoms. The minimum absolute atomic E-state index is 0.413. The fourth-order valence-electron chi connectivity index (χ4n) is 1.87. The summed E-state index contributed by atoms with van der Waals surface area (Å²) in [6, 6.07) is 8.04. The van der Waals surface area contributed by atoms with Crippen molar-refractivity contribution in [2.75, 3.05) is 0 Å². The second kappa shape index (κ2) is 7.11. The van der Waals surface area contributed by atoms with E-state index in [1.165, 1.54) is 0 Å². The van der Waals surface area contributed by atoms with Crippen molar-refractivity contribution in [2.45, 2.75) is 46.3 Å². The summed E-state index contributed by atoms with van der Waals surface area (Å²) < 4.78 is 5.61. The van der Waals surface area contributed by atoms with Crippen LogP contribution in [0.4, 0.5) is 0 Å². The van der Waals surface area contributed by atoms with E-state index in [0.29, 0.717) is 12.2 Å². The van der Waals surface area contributed by atoms with Crippen LogP contribution in [0.5, 0.6) is 5.75 Å². The molecule has 2 unspecified atom stereocenters. The lowest BCUT2D eigenvalue weighted by atomic mass is 9.86. The highest BCUT2D eigenvalue weighted by molar-refractivity contribution is 5.86. The lowest BCUT2D eigenvalue weighted by Crippen LogP contribution is -2.52. The van der Waals surface area contributed by atoms with Crippen LogP contribution in [0, 0.1) is 5.41 Å². The van der Waals surface area contributed by atoms with E-state index < -0.39 is 29.4 Å². The summed E-state index contributed by atoms with van der Waals surface area (Å²) in [5, 5.41) is 11.8. The van der Waals surface area contributed by atoms with Gasteiger partial charge in [-0.05, 0) is 24.0 Å². The van der Waals surface area contributed by atoms with Crippen molar-refractivity contribution in [1.82, 2.24) is 5.32 Å². The Hall–Kier alpha value is -2.04. The lowest BCUT2D eigenvalue weighted by Gasteiger charge is -2.29. The summed E-state index contributed by atoms with van der Waals surface area (Å²) in [5.41, 5.74) is -0.577. The zero-order valence-electron chi connectivity index (χ0n) is 12.9. The molecule has 0 aliphatic heterocycles. The number of carboxylic acids is 1. The van der Waals surface area contributed by atoms with E-state index in [-0.39, 0.29) is 0 Å². The Bertz CT molecular complexity index is 479. The number of hydrogen-bond donors (Lipinski definition) is 2. The summed E-state index contributed by atoms with van der Waals surface area (Å²) >= 11 is 0. The van der Waals surface area contributed by atoms with Crippen LogP contribution in [0.15, 0.2) is 30.3 Å². The summed E-state index contributed by atoms with van der Waals surface area (Å²) in [5.74, 6) is -0.878. The molecule has 0 radical (unpaired) electrons. The third kappa shape index (κ3) is 5.10. The third-order valence-electron chi connectivity index (χ3n) is 3.08. The molecule has 0 saturated carbocycles. The number of carbonyl (C=O) groups excluding carboxylic acids is 1. The van der Waals surface area contributed by atoms with Crippen LogP contribution in [0.2, 0.25) is 0 Å². The number of hydrogen-bond acceptors (Lipinski definition) is 3. The van der Waals surface area contributed by atoms with Gasteiger partial charge in [0.15, 0.2) is 6.10 Å². The number of nitrogens with one attached hydrogen (secondary N) is 1. The molecule has 1 rings (SSSR count). The average Bonchev–Trinajstić information content (AvgIpc) is 2.41. The predicted molar refractivity (Wildman–Crippen MR) is 80.2 cm³/mol. The van der Waals surface area contributed by atoms with Crippen LogP contribution in [0.1, 0.15) is 34.1 Å². The Morgan fingerprint density at radius 1 is 1.24 bits per heavy atom. The summed E-state index contributed by atoms with van der Waals surface area (Å²) in [4.78, 5) is 23.5. The van der Waals surface area contributed by atoms with Crippen molar-refractivity contribution < 1.29 is 19.4 Å². The number of carbonyl (C=O) groups is 2. The number of benzene rings is 1. The Kier molecular flexibility index (Phi) is 5.76. The molecule has 1 amide bonds. The van der Waals surface area contributed by atoms with Crippen LogP contribution in [0.25, 0.3) is 0 Å². The molecule has 0 spiro atoms. The van der Waals surface area contributed by atoms with Crippen molar-refractivity contribution in [3.05, 3.63) is 30.3 Å². The summed E-state index contributed by atoms with van der Waals surface area (Å²) in [6.45, 7) is 7.13. The number of para-hydroxylation sites is 1. The topological polar surface area (TPSA) is 75.6 Å². The maximum absolute atomic E-state index is 12.2. The van der Waals surface area contributed by atoms with Crippen LogP contribution in [-0.2, 0) is 9.59 Å².